The van der Waals surface area contributed by atoms with E-state index in [-0.39, 0.29) is 29.7 Å². The fourth-order valence-electron chi connectivity index (χ4n) is 3.57. The van der Waals surface area contributed by atoms with Crippen LogP contribution in [0.15, 0.2) is 29.3 Å². The summed E-state index contributed by atoms with van der Waals surface area (Å²) >= 11 is 0. The minimum absolute atomic E-state index is 0. The Labute approximate surface area is 158 Å². The zero-order chi connectivity index (χ0) is 16.3. The van der Waals surface area contributed by atoms with Crippen LogP contribution >= 0.6 is 24.0 Å². The molecule has 134 valence electrons. The van der Waals surface area contributed by atoms with Gasteiger partial charge in [0.25, 0.3) is 0 Å². The van der Waals surface area contributed by atoms with Crippen molar-refractivity contribution < 1.29 is 13.5 Å². The predicted octanol–water partition coefficient (Wildman–Crippen LogP) is 3.86. The Morgan fingerprint density at radius 1 is 1.33 bits per heavy atom. The SMILES string of the molecule is CN=C(NCc1ccccc1OC(F)F)N1CCC2(CCC2)C1.I. The number of guanidine groups is 1. The summed E-state index contributed by atoms with van der Waals surface area (Å²) in [5.41, 5.74) is 1.19. The van der Waals surface area contributed by atoms with Gasteiger partial charge in [0.1, 0.15) is 5.75 Å². The van der Waals surface area contributed by atoms with E-state index < -0.39 is 6.61 Å². The molecule has 0 atom stereocenters. The molecule has 0 bridgehead atoms. The molecule has 1 spiro atoms. The van der Waals surface area contributed by atoms with Crippen LogP contribution in [0.4, 0.5) is 8.78 Å². The third kappa shape index (κ3) is 4.29. The maximum atomic E-state index is 12.5. The maximum Gasteiger partial charge on any atom is 0.387 e. The van der Waals surface area contributed by atoms with E-state index in [9.17, 15) is 8.78 Å². The first-order valence-corrected chi connectivity index (χ1v) is 8.10. The molecule has 4 nitrogen and oxygen atoms in total. The zero-order valence-corrected chi connectivity index (χ0v) is 16.1. The number of nitrogens with zero attached hydrogens (tertiary/aromatic N) is 2. The summed E-state index contributed by atoms with van der Waals surface area (Å²) in [5, 5.41) is 3.28. The number of hydrogen-bond acceptors (Lipinski definition) is 2. The van der Waals surface area contributed by atoms with Crippen molar-refractivity contribution in [2.45, 2.75) is 38.8 Å². The molecule has 3 rings (SSSR count). The van der Waals surface area contributed by atoms with E-state index in [1.165, 1.54) is 25.7 Å². The van der Waals surface area contributed by atoms with Gasteiger partial charge in [-0.05, 0) is 30.7 Å². The third-order valence-corrected chi connectivity index (χ3v) is 4.99. The molecular weight excluding hydrogens is 427 g/mol. The minimum atomic E-state index is -2.81. The lowest BCUT2D eigenvalue weighted by molar-refractivity contribution is -0.0504. The van der Waals surface area contributed by atoms with Crippen LogP contribution in [0.5, 0.6) is 5.75 Å². The topological polar surface area (TPSA) is 36.9 Å². The molecule has 0 aromatic heterocycles. The Morgan fingerprint density at radius 2 is 2.08 bits per heavy atom. The molecule has 0 unspecified atom stereocenters. The fraction of sp³-hybridized carbons (Fsp3) is 0.588. The Hall–Kier alpha value is -1.12. The normalized spacial score (nSPS) is 19.2. The van der Waals surface area contributed by atoms with E-state index in [4.69, 9.17) is 0 Å². The molecule has 1 aromatic carbocycles. The van der Waals surface area contributed by atoms with E-state index in [2.05, 4.69) is 19.9 Å². The van der Waals surface area contributed by atoms with Crippen LogP contribution in [0.1, 0.15) is 31.2 Å². The average molecular weight is 451 g/mol. The molecule has 7 heteroatoms. The number of benzene rings is 1. The van der Waals surface area contributed by atoms with Gasteiger partial charge in [-0.25, -0.2) is 0 Å². The summed E-state index contributed by atoms with van der Waals surface area (Å²) in [6, 6.07) is 6.86. The van der Waals surface area contributed by atoms with Crippen molar-refractivity contribution in [3.05, 3.63) is 29.8 Å². The average Bonchev–Trinajstić information content (AvgIpc) is 2.95. The highest BCUT2D eigenvalue weighted by atomic mass is 127. The largest absolute Gasteiger partial charge is 0.434 e. The van der Waals surface area contributed by atoms with Crippen molar-refractivity contribution in [3.63, 3.8) is 0 Å². The number of rotatable bonds is 4. The summed E-state index contributed by atoms with van der Waals surface area (Å²) in [4.78, 5) is 6.62. The van der Waals surface area contributed by atoms with Crippen LogP contribution in [0.3, 0.4) is 0 Å². The highest BCUT2D eigenvalue weighted by molar-refractivity contribution is 14.0. The lowest BCUT2D eigenvalue weighted by Gasteiger charge is -2.38. The molecule has 0 radical (unpaired) electrons. The summed E-state index contributed by atoms with van der Waals surface area (Å²) < 4.78 is 29.5. The standard InChI is InChI=1S/C17H23F2N3O.HI/c1-20-16(22-10-9-17(12-22)7-4-8-17)21-11-13-5-2-3-6-14(13)23-15(18)19;/h2-3,5-6,15H,4,7-12H2,1H3,(H,20,21);1H. The van der Waals surface area contributed by atoms with Crippen LogP contribution in [0, 0.1) is 5.41 Å². The number of para-hydroxylation sites is 1. The van der Waals surface area contributed by atoms with Gasteiger partial charge in [-0.15, -0.1) is 24.0 Å². The van der Waals surface area contributed by atoms with Crippen LogP contribution in [-0.4, -0.2) is 37.6 Å². The fourth-order valence-corrected chi connectivity index (χ4v) is 3.57. The molecule has 1 aliphatic carbocycles. The highest BCUT2D eigenvalue weighted by Crippen LogP contribution is 2.47. The van der Waals surface area contributed by atoms with Crippen molar-refractivity contribution >= 4 is 29.9 Å². The molecule has 1 heterocycles. The number of likely N-dealkylation sites (tertiary alicyclic amines) is 1. The van der Waals surface area contributed by atoms with Gasteiger partial charge in [0.05, 0.1) is 0 Å². The van der Waals surface area contributed by atoms with Gasteiger partial charge < -0.3 is 15.0 Å². The third-order valence-electron chi connectivity index (χ3n) is 4.99. The van der Waals surface area contributed by atoms with Gasteiger partial charge in [0.2, 0.25) is 0 Å². The monoisotopic (exact) mass is 451 g/mol. The Bertz CT molecular complexity index is 579. The first-order valence-electron chi connectivity index (χ1n) is 8.10. The maximum absolute atomic E-state index is 12.5. The molecule has 1 saturated carbocycles. The summed E-state index contributed by atoms with van der Waals surface area (Å²) in [6.45, 7) is -0.344. The van der Waals surface area contributed by atoms with Crippen molar-refractivity contribution in [2.24, 2.45) is 10.4 Å². The number of halogens is 3. The highest BCUT2D eigenvalue weighted by Gasteiger charge is 2.43. The molecule has 2 fully saturated rings. The Balaban J connectivity index is 0.00000208. The molecule has 1 saturated heterocycles. The van der Waals surface area contributed by atoms with Gasteiger partial charge >= 0.3 is 6.61 Å². The van der Waals surface area contributed by atoms with Crippen LogP contribution in [0.25, 0.3) is 0 Å². The molecule has 0 amide bonds. The van der Waals surface area contributed by atoms with Crippen molar-refractivity contribution in [3.8, 4) is 5.75 Å². The van der Waals surface area contributed by atoms with Crippen LogP contribution in [0.2, 0.25) is 0 Å². The summed E-state index contributed by atoms with van der Waals surface area (Å²) in [7, 11) is 1.76. The number of nitrogens with one attached hydrogen (secondary N) is 1. The molecular formula is C17H24F2IN3O. The van der Waals surface area contributed by atoms with E-state index in [1.807, 2.05) is 6.07 Å². The van der Waals surface area contributed by atoms with Gasteiger partial charge in [-0.1, -0.05) is 24.6 Å². The van der Waals surface area contributed by atoms with Crippen molar-refractivity contribution in [1.82, 2.24) is 10.2 Å². The second-order valence-corrected chi connectivity index (χ2v) is 6.41. The second kappa shape index (κ2) is 8.31. The lowest BCUT2D eigenvalue weighted by atomic mass is 9.68. The number of alkyl halides is 2. The first-order chi connectivity index (χ1) is 11.1. The number of aliphatic imine (C=N–C) groups is 1. The molecule has 24 heavy (non-hydrogen) atoms. The van der Waals surface area contributed by atoms with Gasteiger partial charge in [0.15, 0.2) is 5.96 Å². The van der Waals surface area contributed by atoms with E-state index in [0.717, 1.165) is 19.0 Å². The minimum Gasteiger partial charge on any atom is -0.434 e. The molecule has 1 aliphatic heterocycles. The molecule has 2 aliphatic rings. The smallest absolute Gasteiger partial charge is 0.387 e. The predicted molar refractivity (Wildman–Crippen MR) is 101 cm³/mol. The van der Waals surface area contributed by atoms with Gasteiger partial charge in [-0.3, -0.25) is 4.99 Å². The van der Waals surface area contributed by atoms with E-state index in [0.29, 0.717) is 17.5 Å². The van der Waals surface area contributed by atoms with E-state index in [1.54, 1.807) is 25.2 Å². The summed E-state index contributed by atoms with van der Waals surface area (Å²) in [5.74, 6) is 1.04. The second-order valence-electron chi connectivity index (χ2n) is 6.41. The summed E-state index contributed by atoms with van der Waals surface area (Å²) in [6.07, 6.45) is 5.17. The quantitative estimate of drug-likeness (QED) is 0.429. The first kappa shape index (κ1) is 19.2. The molecule has 1 aromatic rings. The lowest BCUT2D eigenvalue weighted by Crippen LogP contribution is -2.42. The van der Waals surface area contributed by atoms with Crippen LogP contribution in [-0.2, 0) is 6.54 Å². The van der Waals surface area contributed by atoms with Crippen molar-refractivity contribution in [1.29, 1.82) is 0 Å². The zero-order valence-electron chi connectivity index (χ0n) is 13.8. The van der Waals surface area contributed by atoms with Crippen LogP contribution < -0.4 is 10.1 Å². The van der Waals surface area contributed by atoms with Gasteiger partial charge in [-0.2, -0.15) is 8.78 Å². The van der Waals surface area contributed by atoms with E-state index >= 15 is 0 Å². The molecule has 1 N–H and O–H groups in total. The number of ether oxygens (including phenoxy) is 1. The Morgan fingerprint density at radius 3 is 2.67 bits per heavy atom. The Kier molecular flexibility index (Phi) is 6.65. The number of hydrogen-bond donors (Lipinski definition) is 1. The van der Waals surface area contributed by atoms with Crippen molar-refractivity contribution in [2.75, 3.05) is 20.1 Å². The van der Waals surface area contributed by atoms with Gasteiger partial charge in [0, 0.05) is 32.2 Å².